The van der Waals surface area contributed by atoms with Gasteiger partial charge in [0.1, 0.15) is 0 Å². The Balaban J connectivity index is 1.82. The standard InChI is InChI=1S/C13H26N2O/c1-3-15-6-4-5-12(15)7-11-8-13(2,10-16)14-9-11/h11-12,14,16H,3-10H2,1-2H3. The van der Waals surface area contributed by atoms with Crippen LogP contribution in [0.25, 0.3) is 0 Å². The summed E-state index contributed by atoms with van der Waals surface area (Å²) in [4.78, 5) is 2.62. The molecular formula is C13H26N2O. The lowest BCUT2D eigenvalue weighted by Crippen LogP contribution is -2.39. The van der Waals surface area contributed by atoms with Crippen LogP contribution in [0, 0.1) is 5.92 Å². The Morgan fingerprint density at radius 2 is 2.31 bits per heavy atom. The molecule has 3 unspecified atom stereocenters. The first-order chi connectivity index (χ1) is 7.67. The van der Waals surface area contributed by atoms with Gasteiger partial charge in [0, 0.05) is 11.6 Å². The molecular weight excluding hydrogens is 200 g/mol. The molecule has 16 heavy (non-hydrogen) atoms. The smallest absolute Gasteiger partial charge is 0.0610 e. The van der Waals surface area contributed by atoms with E-state index in [4.69, 9.17) is 0 Å². The monoisotopic (exact) mass is 226 g/mol. The van der Waals surface area contributed by atoms with E-state index in [0.717, 1.165) is 24.9 Å². The van der Waals surface area contributed by atoms with E-state index in [1.165, 1.54) is 32.4 Å². The number of likely N-dealkylation sites (tertiary alicyclic amines) is 1. The van der Waals surface area contributed by atoms with Gasteiger partial charge in [0.2, 0.25) is 0 Å². The molecule has 0 aromatic carbocycles. The number of nitrogens with zero attached hydrogens (tertiary/aromatic N) is 1. The second-order valence-electron chi connectivity index (χ2n) is 5.83. The van der Waals surface area contributed by atoms with Gasteiger partial charge in [-0.2, -0.15) is 0 Å². The number of rotatable bonds is 4. The molecule has 0 bridgehead atoms. The van der Waals surface area contributed by atoms with Crippen molar-refractivity contribution < 1.29 is 5.11 Å². The Kier molecular flexibility index (Phi) is 3.88. The molecule has 0 radical (unpaired) electrons. The second-order valence-corrected chi connectivity index (χ2v) is 5.83. The molecule has 3 nitrogen and oxygen atoms in total. The normalized spacial score (nSPS) is 40.7. The Morgan fingerprint density at radius 3 is 2.94 bits per heavy atom. The number of aliphatic hydroxyl groups is 1. The van der Waals surface area contributed by atoms with Crippen molar-refractivity contribution in [3.63, 3.8) is 0 Å². The molecule has 0 spiro atoms. The molecule has 0 aromatic rings. The highest BCUT2D eigenvalue weighted by atomic mass is 16.3. The zero-order chi connectivity index (χ0) is 11.6. The van der Waals surface area contributed by atoms with Gasteiger partial charge in [-0.3, -0.25) is 0 Å². The third-order valence-electron chi connectivity index (χ3n) is 4.42. The predicted molar refractivity (Wildman–Crippen MR) is 66.5 cm³/mol. The van der Waals surface area contributed by atoms with Gasteiger partial charge in [-0.05, 0) is 58.2 Å². The summed E-state index contributed by atoms with van der Waals surface area (Å²) < 4.78 is 0. The molecule has 3 heteroatoms. The molecule has 2 saturated heterocycles. The van der Waals surface area contributed by atoms with E-state index in [-0.39, 0.29) is 12.1 Å². The lowest BCUT2D eigenvalue weighted by molar-refractivity contribution is 0.183. The highest BCUT2D eigenvalue weighted by Crippen LogP contribution is 2.31. The van der Waals surface area contributed by atoms with Crippen LogP contribution in [0.15, 0.2) is 0 Å². The van der Waals surface area contributed by atoms with Gasteiger partial charge >= 0.3 is 0 Å². The lowest BCUT2D eigenvalue weighted by Gasteiger charge is -2.26. The summed E-state index contributed by atoms with van der Waals surface area (Å²) in [7, 11) is 0. The Labute approximate surface area is 99.2 Å². The van der Waals surface area contributed by atoms with Crippen molar-refractivity contribution in [2.45, 2.75) is 51.1 Å². The number of hydrogen-bond acceptors (Lipinski definition) is 3. The molecule has 0 aliphatic carbocycles. The number of nitrogens with one attached hydrogen (secondary N) is 1. The maximum atomic E-state index is 9.33. The second kappa shape index (κ2) is 5.03. The summed E-state index contributed by atoms with van der Waals surface area (Å²) in [5.41, 5.74) is -0.0136. The van der Waals surface area contributed by atoms with Gasteiger partial charge in [0.05, 0.1) is 6.61 Å². The van der Waals surface area contributed by atoms with Crippen LogP contribution in [-0.4, -0.2) is 47.8 Å². The SMILES string of the molecule is CCN1CCCC1CC1CNC(C)(CO)C1. The van der Waals surface area contributed by atoms with E-state index in [9.17, 15) is 5.11 Å². The van der Waals surface area contributed by atoms with E-state index in [0.29, 0.717) is 0 Å². The Morgan fingerprint density at radius 1 is 1.50 bits per heavy atom. The van der Waals surface area contributed by atoms with Crippen LogP contribution in [0.1, 0.15) is 39.5 Å². The molecule has 0 saturated carbocycles. The first kappa shape index (κ1) is 12.3. The molecule has 94 valence electrons. The summed E-state index contributed by atoms with van der Waals surface area (Å²) in [6.45, 7) is 8.25. The third-order valence-corrected chi connectivity index (χ3v) is 4.42. The van der Waals surface area contributed by atoms with E-state index in [2.05, 4.69) is 24.1 Å². The largest absolute Gasteiger partial charge is 0.394 e. The molecule has 2 fully saturated rings. The molecule has 2 aliphatic heterocycles. The van der Waals surface area contributed by atoms with Gasteiger partial charge in [0.25, 0.3) is 0 Å². The van der Waals surface area contributed by atoms with Gasteiger partial charge in [-0.1, -0.05) is 6.92 Å². The fraction of sp³-hybridized carbons (Fsp3) is 1.00. The summed E-state index contributed by atoms with van der Waals surface area (Å²) in [5, 5.41) is 12.8. The van der Waals surface area contributed by atoms with E-state index in [1.807, 2.05) is 0 Å². The van der Waals surface area contributed by atoms with Crippen LogP contribution < -0.4 is 5.32 Å². The van der Waals surface area contributed by atoms with Crippen LogP contribution >= 0.6 is 0 Å². The fourth-order valence-electron chi connectivity index (χ4n) is 3.42. The molecule has 2 heterocycles. The Bertz CT molecular complexity index is 234. The quantitative estimate of drug-likeness (QED) is 0.756. The van der Waals surface area contributed by atoms with Crippen molar-refractivity contribution in [2.75, 3.05) is 26.2 Å². The minimum absolute atomic E-state index is 0.0136. The van der Waals surface area contributed by atoms with Crippen molar-refractivity contribution >= 4 is 0 Å². The minimum Gasteiger partial charge on any atom is -0.394 e. The average molecular weight is 226 g/mol. The van der Waals surface area contributed by atoms with Crippen LogP contribution in [-0.2, 0) is 0 Å². The maximum Gasteiger partial charge on any atom is 0.0610 e. The molecule has 3 atom stereocenters. The van der Waals surface area contributed by atoms with Gasteiger partial charge in [0.15, 0.2) is 0 Å². The van der Waals surface area contributed by atoms with Crippen LogP contribution in [0.3, 0.4) is 0 Å². The first-order valence-electron chi connectivity index (χ1n) is 6.77. The maximum absolute atomic E-state index is 9.33. The van der Waals surface area contributed by atoms with Crippen LogP contribution in [0.2, 0.25) is 0 Å². The average Bonchev–Trinajstić information content (AvgIpc) is 2.87. The van der Waals surface area contributed by atoms with E-state index >= 15 is 0 Å². The predicted octanol–water partition coefficient (Wildman–Crippen LogP) is 1.22. The molecule has 0 amide bonds. The molecule has 2 rings (SSSR count). The van der Waals surface area contributed by atoms with Crippen LogP contribution in [0.4, 0.5) is 0 Å². The highest BCUT2D eigenvalue weighted by Gasteiger charge is 2.36. The minimum atomic E-state index is -0.0136. The molecule has 0 aromatic heterocycles. The summed E-state index contributed by atoms with van der Waals surface area (Å²) in [6.07, 6.45) is 5.20. The van der Waals surface area contributed by atoms with Gasteiger partial charge < -0.3 is 15.3 Å². The summed E-state index contributed by atoms with van der Waals surface area (Å²) >= 11 is 0. The van der Waals surface area contributed by atoms with E-state index < -0.39 is 0 Å². The third kappa shape index (κ3) is 2.58. The van der Waals surface area contributed by atoms with Crippen molar-refractivity contribution in [3.8, 4) is 0 Å². The number of aliphatic hydroxyl groups excluding tert-OH is 1. The zero-order valence-corrected chi connectivity index (χ0v) is 10.7. The lowest BCUT2D eigenvalue weighted by atomic mass is 9.90. The molecule has 2 aliphatic rings. The van der Waals surface area contributed by atoms with Gasteiger partial charge in [-0.15, -0.1) is 0 Å². The fourth-order valence-corrected chi connectivity index (χ4v) is 3.42. The zero-order valence-electron chi connectivity index (χ0n) is 10.7. The van der Waals surface area contributed by atoms with E-state index in [1.54, 1.807) is 0 Å². The van der Waals surface area contributed by atoms with Crippen molar-refractivity contribution in [1.82, 2.24) is 10.2 Å². The van der Waals surface area contributed by atoms with Crippen molar-refractivity contribution in [3.05, 3.63) is 0 Å². The van der Waals surface area contributed by atoms with Crippen LogP contribution in [0.5, 0.6) is 0 Å². The van der Waals surface area contributed by atoms with Crippen molar-refractivity contribution in [1.29, 1.82) is 0 Å². The molecule has 2 N–H and O–H groups in total. The highest BCUT2D eigenvalue weighted by molar-refractivity contribution is 4.94. The Hall–Kier alpha value is -0.120. The summed E-state index contributed by atoms with van der Waals surface area (Å²) in [6, 6.07) is 0.804. The first-order valence-corrected chi connectivity index (χ1v) is 6.77. The topological polar surface area (TPSA) is 35.5 Å². The van der Waals surface area contributed by atoms with Crippen molar-refractivity contribution in [2.24, 2.45) is 5.92 Å². The summed E-state index contributed by atoms with van der Waals surface area (Å²) in [5.74, 6) is 0.759. The number of hydrogen-bond donors (Lipinski definition) is 2. The van der Waals surface area contributed by atoms with Gasteiger partial charge in [-0.25, -0.2) is 0 Å².